The molecule has 34 heavy (non-hydrogen) atoms. The van der Waals surface area contributed by atoms with Crippen molar-refractivity contribution in [3.63, 3.8) is 0 Å². The van der Waals surface area contributed by atoms with Crippen molar-refractivity contribution in [3.05, 3.63) is 90.5 Å². The molecule has 0 saturated carbocycles. The Bertz CT molecular complexity index is 1700. The number of para-hydroxylation sites is 1. The lowest BCUT2D eigenvalue weighted by Crippen LogP contribution is -1.99. The van der Waals surface area contributed by atoms with Crippen molar-refractivity contribution in [1.82, 2.24) is 14.5 Å². The van der Waals surface area contributed by atoms with E-state index in [9.17, 15) is 5.11 Å². The Morgan fingerprint density at radius 1 is 0.765 bits per heavy atom. The summed E-state index contributed by atoms with van der Waals surface area (Å²) in [6.45, 7) is 2.08. The van der Waals surface area contributed by atoms with Gasteiger partial charge in [-0.3, -0.25) is 4.57 Å². The second-order valence-electron chi connectivity index (χ2n) is 8.17. The van der Waals surface area contributed by atoms with Gasteiger partial charge >= 0.3 is 0 Å². The molecule has 0 aliphatic carbocycles. The van der Waals surface area contributed by atoms with E-state index in [1.807, 2.05) is 42.5 Å². The van der Waals surface area contributed by atoms with Crippen molar-refractivity contribution >= 4 is 32.7 Å². The number of hydrogen-bond acceptors (Lipinski definition) is 5. The molecule has 166 valence electrons. The van der Waals surface area contributed by atoms with E-state index in [0.717, 1.165) is 38.6 Å². The van der Waals surface area contributed by atoms with E-state index in [1.165, 1.54) is 0 Å². The summed E-state index contributed by atoms with van der Waals surface area (Å²) in [5, 5.41) is 13.2. The van der Waals surface area contributed by atoms with Crippen molar-refractivity contribution in [2.24, 2.45) is 0 Å². The minimum atomic E-state index is 0.123. The van der Waals surface area contributed by atoms with Crippen LogP contribution in [-0.2, 0) is 0 Å². The highest BCUT2D eigenvalue weighted by molar-refractivity contribution is 6.09. The summed E-state index contributed by atoms with van der Waals surface area (Å²) < 4.78 is 13.6. The third-order valence-corrected chi connectivity index (χ3v) is 5.94. The molecule has 3 aromatic heterocycles. The third-order valence-electron chi connectivity index (χ3n) is 5.94. The molecule has 0 bridgehead atoms. The lowest BCUT2D eigenvalue weighted by Gasteiger charge is -2.10. The predicted octanol–water partition coefficient (Wildman–Crippen LogP) is 6.54. The number of phenolic OH excluding ortho intramolecular Hbond substituents is 1. The molecule has 0 fully saturated rings. The molecule has 1 N–H and O–H groups in total. The first-order valence-electron chi connectivity index (χ1n) is 10.9. The van der Waals surface area contributed by atoms with Crippen LogP contribution in [0.4, 0.5) is 0 Å². The normalized spacial score (nSPS) is 11.4. The van der Waals surface area contributed by atoms with Gasteiger partial charge in [0.05, 0.1) is 18.1 Å². The van der Waals surface area contributed by atoms with E-state index in [2.05, 4.69) is 45.7 Å². The second-order valence-corrected chi connectivity index (χ2v) is 8.17. The van der Waals surface area contributed by atoms with Gasteiger partial charge in [0.1, 0.15) is 22.8 Å². The number of methoxy groups -OCH3 is 1. The van der Waals surface area contributed by atoms with Gasteiger partial charge in [-0.15, -0.1) is 0 Å². The summed E-state index contributed by atoms with van der Waals surface area (Å²) in [6.07, 6.45) is 0. The van der Waals surface area contributed by atoms with E-state index in [-0.39, 0.29) is 5.75 Å². The highest BCUT2D eigenvalue weighted by Gasteiger charge is 2.15. The standard InChI is InChI=1S/C28H21N3O3/c1-17-9-12-20-21-13-11-19(34-27-14-10-18-5-3-6-24(32)28(18)30-27)16-23(21)31(22(20)15-17)25-7-4-8-26(29-25)33-2/h3-16,32H,1-2H3. The number of ether oxygens (including phenoxy) is 2. The van der Waals surface area contributed by atoms with Crippen molar-refractivity contribution in [1.29, 1.82) is 0 Å². The number of rotatable bonds is 4. The monoisotopic (exact) mass is 447 g/mol. The molecule has 3 aromatic carbocycles. The fraction of sp³-hybridized carbons (Fsp3) is 0.0714. The summed E-state index contributed by atoms with van der Waals surface area (Å²) in [5.74, 6) is 2.48. The van der Waals surface area contributed by atoms with Crippen LogP contribution in [0.1, 0.15) is 5.56 Å². The Morgan fingerprint density at radius 3 is 2.41 bits per heavy atom. The van der Waals surface area contributed by atoms with Crippen LogP contribution in [0.25, 0.3) is 38.5 Å². The van der Waals surface area contributed by atoms with E-state index in [1.54, 1.807) is 25.3 Å². The van der Waals surface area contributed by atoms with Crippen LogP contribution in [-0.4, -0.2) is 26.8 Å². The van der Waals surface area contributed by atoms with Crippen LogP contribution in [0.3, 0.4) is 0 Å². The fourth-order valence-corrected chi connectivity index (χ4v) is 4.35. The van der Waals surface area contributed by atoms with E-state index in [0.29, 0.717) is 23.0 Å². The third kappa shape index (κ3) is 3.28. The average molecular weight is 447 g/mol. The molecule has 0 amide bonds. The van der Waals surface area contributed by atoms with Gasteiger partial charge in [0, 0.05) is 34.4 Å². The molecule has 0 unspecified atom stereocenters. The molecule has 6 heteroatoms. The van der Waals surface area contributed by atoms with Gasteiger partial charge in [-0.1, -0.05) is 30.3 Å². The topological polar surface area (TPSA) is 69.4 Å². The van der Waals surface area contributed by atoms with Gasteiger partial charge in [0.2, 0.25) is 11.8 Å². The predicted molar refractivity (Wildman–Crippen MR) is 133 cm³/mol. The Morgan fingerprint density at radius 2 is 1.56 bits per heavy atom. The number of benzene rings is 3. The van der Waals surface area contributed by atoms with Crippen molar-refractivity contribution in [3.8, 4) is 29.1 Å². The molecule has 0 radical (unpaired) electrons. The summed E-state index contributed by atoms with van der Waals surface area (Å²) in [5.41, 5.74) is 3.69. The quantitative estimate of drug-likeness (QED) is 0.332. The van der Waals surface area contributed by atoms with Crippen molar-refractivity contribution < 1.29 is 14.6 Å². The molecule has 6 aromatic rings. The second kappa shape index (κ2) is 7.78. The van der Waals surface area contributed by atoms with Gasteiger partial charge < -0.3 is 14.6 Å². The Hall–Kier alpha value is -4.58. The van der Waals surface area contributed by atoms with Crippen LogP contribution in [0.5, 0.6) is 23.3 Å². The fourth-order valence-electron chi connectivity index (χ4n) is 4.35. The molecule has 0 aliphatic rings. The largest absolute Gasteiger partial charge is 0.506 e. The zero-order valence-corrected chi connectivity index (χ0v) is 18.7. The highest BCUT2D eigenvalue weighted by atomic mass is 16.5. The highest BCUT2D eigenvalue weighted by Crippen LogP contribution is 2.36. The number of aryl methyl sites for hydroxylation is 1. The number of aromatic hydroxyl groups is 1. The Kier molecular flexibility index (Phi) is 4.59. The van der Waals surface area contributed by atoms with Crippen LogP contribution in [0.15, 0.2) is 84.9 Å². The number of nitrogens with zero attached hydrogens (tertiary/aromatic N) is 3. The maximum atomic E-state index is 10.2. The molecule has 0 aliphatic heterocycles. The summed E-state index contributed by atoms with van der Waals surface area (Å²) >= 11 is 0. The van der Waals surface area contributed by atoms with Crippen LogP contribution < -0.4 is 9.47 Å². The van der Waals surface area contributed by atoms with E-state index >= 15 is 0 Å². The lowest BCUT2D eigenvalue weighted by molar-refractivity contribution is 0.397. The van der Waals surface area contributed by atoms with Crippen molar-refractivity contribution in [2.45, 2.75) is 6.92 Å². The summed E-state index contributed by atoms with van der Waals surface area (Å²) in [7, 11) is 1.61. The van der Waals surface area contributed by atoms with E-state index in [4.69, 9.17) is 9.47 Å². The Balaban J connectivity index is 1.53. The number of phenols is 1. The summed E-state index contributed by atoms with van der Waals surface area (Å²) in [6, 6.07) is 27.1. The van der Waals surface area contributed by atoms with Gasteiger partial charge in [-0.25, -0.2) is 4.98 Å². The van der Waals surface area contributed by atoms with Gasteiger partial charge in [-0.05, 0) is 48.9 Å². The molecule has 6 rings (SSSR count). The summed E-state index contributed by atoms with van der Waals surface area (Å²) in [4.78, 5) is 9.18. The number of pyridine rings is 2. The van der Waals surface area contributed by atoms with Gasteiger partial charge in [0.15, 0.2) is 0 Å². The zero-order valence-electron chi connectivity index (χ0n) is 18.7. The maximum Gasteiger partial charge on any atom is 0.219 e. The van der Waals surface area contributed by atoms with Gasteiger partial charge in [0.25, 0.3) is 0 Å². The first kappa shape index (κ1) is 20.1. The van der Waals surface area contributed by atoms with Gasteiger partial charge in [-0.2, -0.15) is 4.98 Å². The number of fused-ring (bicyclic) bond motifs is 4. The van der Waals surface area contributed by atoms with Crippen LogP contribution >= 0.6 is 0 Å². The minimum absolute atomic E-state index is 0.123. The van der Waals surface area contributed by atoms with Crippen molar-refractivity contribution in [2.75, 3.05) is 7.11 Å². The lowest BCUT2D eigenvalue weighted by atomic mass is 10.1. The minimum Gasteiger partial charge on any atom is -0.506 e. The van der Waals surface area contributed by atoms with Crippen LogP contribution in [0, 0.1) is 6.92 Å². The van der Waals surface area contributed by atoms with Crippen LogP contribution in [0.2, 0.25) is 0 Å². The molecule has 3 heterocycles. The number of hydrogen-bond donors (Lipinski definition) is 1. The molecular formula is C28H21N3O3. The first-order chi connectivity index (χ1) is 16.6. The average Bonchev–Trinajstić information content (AvgIpc) is 3.17. The SMILES string of the molecule is COc1cccc(-n2c3cc(C)ccc3c3ccc(Oc4ccc5cccc(O)c5n4)cc32)n1. The maximum absolute atomic E-state index is 10.2. The van der Waals surface area contributed by atoms with E-state index < -0.39 is 0 Å². The molecule has 0 atom stereocenters. The number of aromatic nitrogens is 3. The molecule has 0 spiro atoms. The molecular weight excluding hydrogens is 426 g/mol. The molecule has 6 nitrogen and oxygen atoms in total. The molecule has 0 saturated heterocycles. The smallest absolute Gasteiger partial charge is 0.219 e. The first-order valence-corrected chi connectivity index (χ1v) is 10.9. The zero-order chi connectivity index (χ0) is 23.2. The Labute approximate surface area is 195 Å².